The first-order valence-corrected chi connectivity index (χ1v) is 14.3. The maximum atomic E-state index is 13.5. The number of nitrogens with one attached hydrogen (secondary N) is 2. The van der Waals surface area contributed by atoms with Crippen LogP contribution in [0.2, 0.25) is 5.02 Å². The number of aliphatic hydroxyl groups excluding tert-OH is 1. The molecule has 3 aromatic heterocycles. The maximum absolute atomic E-state index is 13.5. The molecule has 0 unspecified atom stereocenters. The Kier molecular flexibility index (Phi) is 8.24. The molecule has 46 heavy (non-hydrogen) atoms. The van der Waals surface area contributed by atoms with Crippen LogP contribution in [-0.2, 0) is 17.9 Å². The molecule has 6 rings (SSSR count). The lowest BCUT2D eigenvalue weighted by Crippen LogP contribution is -2.48. The molecule has 2 aliphatic rings. The summed E-state index contributed by atoms with van der Waals surface area (Å²) in [6.07, 6.45) is -7.49. The van der Waals surface area contributed by atoms with Crippen LogP contribution in [0, 0.1) is 0 Å². The van der Waals surface area contributed by atoms with Crippen molar-refractivity contribution in [1.29, 1.82) is 0 Å². The average Bonchev–Trinajstić information content (AvgIpc) is 3.41. The molecule has 0 spiro atoms. The van der Waals surface area contributed by atoms with E-state index in [4.69, 9.17) is 11.6 Å². The van der Waals surface area contributed by atoms with Gasteiger partial charge < -0.3 is 20.6 Å². The van der Waals surface area contributed by atoms with E-state index in [0.29, 0.717) is 16.1 Å². The van der Waals surface area contributed by atoms with Crippen molar-refractivity contribution in [3.8, 4) is 17.1 Å². The Morgan fingerprint density at radius 2 is 1.91 bits per heavy atom. The van der Waals surface area contributed by atoms with Gasteiger partial charge in [0.1, 0.15) is 12.7 Å². The standard InChI is InChI=1S/C27H25ClF4N10O4/c28-15-5-3-14(4-6-15)23-38-41(26(46)40(23)11-19(43)27(30,31)32)12-20-36-25(39-9-8-33-21(44)13-39)42(37-20)18-2-1-7-34-22(18)24(45)35-17-10-16(17)29/h1-7,16-17,19,43H,8-13H2,(H,33,44)(H,35,45)/t16-,17-,19-/m0/s1. The third-order valence-electron chi connectivity index (χ3n) is 7.26. The van der Waals surface area contributed by atoms with Gasteiger partial charge in [0, 0.05) is 36.3 Å². The number of amides is 2. The quantitative estimate of drug-likeness (QED) is 0.222. The van der Waals surface area contributed by atoms with Crippen LogP contribution in [0.3, 0.4) is 0 Å². The minimum atomic E-state index is -5.01. The Morgan fingerprint density at radius 1 is 1.17 bits per heavy atom. The van der Waals surface area contributed by atoms with Gasteiger partial charge in [-0.3, -0.25) is 14.2 Å². The van der Waals surface area contributed by atoms with Crippen molar-refractivity contribution >= 4 is 29.4 Å². The van der Waals surface area contributed by atoms with Gasteiger partial charge in [-0.1, -0.05) is 11.6 Å². The molecule has 242 valence electrons. The molecule has 1 aliphatic carbocycles. The van der Waals surface area contributed by atoms with Gasteiger partial charge in [0.2, 0.25) is 11.9 Å². The van der Waals surface area contributed by atoms with Gasteiger partial charge in [0.15, 0.2) is 23.4 Å². The minimum Gasteiger partial charge on any atom is -0.382 e. The second kappa shape index (κ2) is 12.2. The van der Waals surface area contributed by atoms with Crippen LogP contribution in [0.5, 0.6) is 0 Å². The molecule has 0 radical (unpaired) electrons. The number of alkyl halides is 4. The van der Waals surface area contributed by atoms with Crippen molar-refractivity contribution in [2.75, 3.05) is 24.5 Å². The van der Waals surface area contributed by atoms with E-state index >= 15 is 0 Å². The number of rotatable bonds is 9. The van der Waals surface area contributed by atoms with E-state index < -0.39 is 49.2 Å². The molecule has 4 aromatic rings. The fourth-order valence-electron chi connectivity index (χ4n) is 4.81. The molecule has 2 fully saturated rings. The molecule has 2 amide bonds. The molecule has 0 bridgehead atoms. The zero-order valence-corrected chi connectivity index (χ0v) is 24.4. The topological polar surface area (TPSA) is 165 Å². The molecule has 3 atom stereocenters. The van der Waals surface area contributed by atoms with E-state index in [9.17, 15) is 37.1 Å². The number of pyridine rings is 1. The Labute approximate surface area is 261 Å². The number of benzene rings is 1. The average molecular weight is 665 g/mol. The largest absolute Gasteiger partial charge is 0.416 e. The molecular weight excluding hydrogens is 640 g/mol. The normalized spacial score (nSPS) is 18.7. The van der Waals surface area contributed by atoms with Crippen molar-refractivity contribution < 1.29 is 32.3 Å². The van der Waals surface area contributed by atoms with Crippen molar-refractivity contribution in [2.24, 2.45) is 0 Å². The predicted octanol–water partition coefficient (Wildman–Crippen LogP) is 1.09. The van der Waals surface area contributed by atoms with Crippen molar-refractivity contribution in [3.05, 3.63) is 69.6 Å². The lowest BCUT2D eigenvalue weighted by atomic mass is 10.2. The van der Waals surface area contributed by atoms with Crippen LogP contribution >= 0.6 is 11.6 Å². The Hall–Kier alpha value is -4.84. The Morgan fingerprint density at radius 3 is 2.59 bits per heavy atom. The first kappa shape index (κ1) is 31.2. The van der Waals surface area contributed by atoms with Crippen LogP contribution < -0.4 is 21.2 Å². The number of aromatic nitrogens is 7. The third kappa shape index (κ3) is 6.43. The van der Waals surface area contributed by atoms with E-state index in [-0.39, 0.29) is 60.0 Å². The second-order valence-corrected chi connectivity index (χ2v) is 11.1. The van der Waals surface area contributed by atoms with Gasteiger partial charge in [-0.15, -0.1) is 10.2 Å². The van der Waals surface area contributed by atoms with Crippen LogP contribution in [0.4, 0.5) is 23.5 Å². The predicted molar refractivity (Wildman–Crippen MR) is 153 cm³/mol. The van der Waals surface area contributed by atoms with E-state index in [2.05, 4.69) is 30.8 Å². The number of hydrogen-bond acceptors (Lipinski definition) is 9. The number of hydrogen-bond donors (Lipinski definition) is 3. The summed E-state index contributed by atoms with van der Waals surface area (Å²) in [5.74, 6) is -1.08. The van der Waals surface area contributed by atoms with Gasteiger partial charge in [-0.25, -0.2) is 18.9 Å². The zero-order chi connectivity index (χ0) is 32.7. The lowest BCUT2D eigenvalue weighted by Gasteiger charge is -2.27. The maximum Gasteiger partial charge on any atom is 0.416 e. The summed E-state index contributed by atoms with van der Waals surface area (Å²) in [7, 11) is 0. The van der Waals surface area contributed by atoms with E-state index in [1.165, 1.54) is 47.3 Å². The van der Waals surface area contributed by atoms with Gasteiger partial charge in [0.25, 0.3) is 5.91 Å². The second-order valence-electron chi connectivity index (χ2n) is 10.7. The van der Waals surface area contributed by atoms with Crippen molar-refractivity contribution in [3.63, 3.8) is 0 Å². The first-order valence-electron chi connectivity index (χ1n) is 14.0. The Bertz CT molecular complexity index is 1840. The fourth-order valence-corrected chi connectivity index (χ4v) is 4.94. The van der Waals surface area contributed by atoms with E-state index in [0.717, 1.165) is 4.68 Å². The Balaban J connectivity index is 1.41. The number of aliphatic hydroxyl groups is 1. The summed E-state index contributed by atoms with van der Waals surface area (Å²) >= 11 is 5.96. The highest BCUT2D eigenvalue weighted by molar-refractivity contribution is 6.30. The molecule has 14 nitrogen and oxygen atoms in total. The van der Waals surface area contributed by atoms with Gasteiger partial charge in [-0.2, -0.15) is 22.8 Å². The summed E-state index contributed by atoms with van der Waals surface area (Å²) in [4.78, 5) is 48.9. The van der Waals surface area contributed by atoms with E-state index in [1.807, 2.05) is 0 Å². The minimum absolute atomic E-state index is 0.0482. The van der Waals surface area contributed by atoms with Crippen molar-refractivity contribution in [2.45, 2.75) is 44.0 Å². The highest BCUT2D eigenvalue weighted by atomic mass is 35.5. The van der Waals surface area contributed by atoms with Gasteiger partial charge in [-0.05, 0) is 36.4 Å². The SMILES string of the molecule is O=C1CN(c2nc(Cn3nc(-c4ccc(Cl)cc4)n(C[C@H](O)C(F)(F)F)c3=O)nn2-c2cccnc2C(=O)N[C@H]2C[C@@H]2F)CCN1. The van der Waals surface area contributed by atoms with Crippen molar-refractivity contribution in [1.82, 2.24) is 44.7 Å². The summed E-state index contributed by atoms with van der Waals surface area (Å²) < 4.78 is 56.2. The number of nitrogens with zero attached hydrogens (tertiary/aromatic N) is 8. The number of halogens is 5. The third-order valence-corrected chi connectivity index (χ3v) is 7.52. The van der Waals surface area contributed by atoms with Crippen LogP contribution in [0.15, 0.2) is 47.4 Å². The smallest absolute Gasteiger partial charge is 0.382 e. The van der Waals surface area contributed by atoms with Crippen LogP contribution in [0.1, 0.15) is 22.7 Å². The first-order chi connectivity index (χ1) is 21.9. The number of carbonyl (C=O) groups excluding carboxylic acids is 2. The molecule has 1 saturated carbocycles. The van der Waals surface area contributed by atoms with Gasteiger partial charge in [0.05, 0.1) is 24.8 Å². The number of carbonyl (C=O) groups is 2. The summed E-state index contributed by atoms with van der Waals surface area (Å²) in [5.41, 5.74) is -0.697. The molecule has 1 aromatic carbocycles. The highest BCUT2D eigenvalue weighted by Gasteiger charge is 2.40. The number of anilines is 1. The molecule has 1 aliphatic heterocycles. The molecule has 3 N–H and O–H groups in total. The fraction of sp³-hybridized carbons (Fsp3) is 0.370. The monoisotopic (exact) mass is 664 g/mol. The highest BCUT2D eigenvalue weighted by Crippen LogP contribution is 2.27. The van der Waals surface area contributed by atoms with Gasteiger partial charge >= 0.3 is 11.9 Å². The van der Waals surface area contributed by atoms with Crippen LogP contribution in [-0.4, -0.2) is 95.1 Å². The summed E-state index contributed by atoms with van der Waals surface area (Å²) in [5, 5.41) is 24.1. The lowest BCUT2D eigenvalue weighted by molar-refractivity contribution is -0.207. The molecule has 19 heteroatoms. The summed E-state index contributed by atoms with van der Waals surface area (Å²) in [6, 6.07) is 8.25. The zero-order valence-electron chi connectivity index (χ0n) is 23.7. The van der Waals surface area contributed by atoms with E-state index in [1.54, 1.807) is 4.90 Å². The summed E-state index contributed by atoms with van der Waals surface area (Å²) in [6.45, 7) is -1.11. The number of piperazine rings is 1. The molecular formula is C27H25ClF4N10O4. The van der Waals surface area contributed by atoms with Crippen LogP contribution in [0.25, 0.3) is 17.1 Å². The molecule has 1 saturated heterocycles. The molecule has 4 heterocycles.